The van der Waals surface area contributed by atoms with E-state index in [1.165, 1.54) is 0 Å². The highest BCUT2D eigenvalue weighted by molar-refractivity contribution is 6.36. The van der Waals surface area contributed by atoms with Gasteiger partial charge in [-0.25, -0.2) is 4.79 Å². The number of carbonyl (C=O) groups excluding carboxylic acids is 3. The van der Waals surface area contributed by atoms with E-state index in [4.69, 9.17) is 27.9 Å². The molecular formula is C30H24Cl2N2O4. The van der Waals surface area contributed by atoms with Gasteiger partial charge >= 0.3 is 5.97 Å². The Kier molecular flexibility index (Phi) is 5.57. The maximum absolute atomic E-state index is 14.6. The van der Waals surface area contributed by atoms with Crippen molar-refractivity contribution in [2.24, 2.45) is 10.5 Å². The van der Waals surface area contributed by atoms with Crippen molar-refractivity contribution in [2.45, 2.75) is 44.4 Å². The van der Waals surface area contributed by atoms with Crippen molar-refractivity contribution in [1.29, 1.82) is 0 Å². The molecule has 3 aliphatic rings. The molecule has 1 aliphatic carbocycles. The van der Waals surface area contributed by atoms with Gasteiger partial charge in [0, 0.05) is 27.1 Å². The zero-order valence-electron chi connectivity index (χ0n) is 20.9. The summed E-state index contributed by atoms with van der Waals surface area (Å²) in [7, 11) is 0. The topological polar surface area (TPSA) is 76.0 Å². The molecule has 1 unspecified atom stereocenters. The number of carbonyl (C=O) groups is 3. The van der Waals surface area contributed by atoms with Crippen LogP contribution in [-0.2, 0) is 9.53 Å². The first kappa shape index (κ1) is 24.8. The second-order valence-corrected chi connectivity index (χ2v) is 11.7. The van der Waals surface area contributed by atoms with E-state index in [1.54, 1.807) is 74.5 Å². The van der Waals surface area contributed by atoms with E-state index >= 15 is 0 Å². The summed E-state index contributed by atoms with van der Waals surface area (Å²) in [5.41, 5.74) is 0.0862. The largest absolute Gasteiger partial charge is 0.458 e. The highest BCUT2D eigenvalue weighted by atomic mass is 35.5. The van der Waals surface area contributed by atoms with Gasteiger partial charge in [-0.15, -0.1) is 0 Å². The van der Waals surface area contributed by atoms with E-state index in [-0.39, 0.29) is 16.6 Å². The lowest BCUT2D eigenvalue weighted by Crippen LogP contribution is -2.44. The highest BCUT2D eigenvalue weighted by Gasteiger charge is 2.73. The van der Waals surface area contributed by atoms with Crippen molar-refractivity contribution in [3.8, 4) is 0 Å². The van der Waals surface area contributed by atoms with Gasteiger partial charge in [-0.1, -0.05) is 77.8 Å². The fraction of sp³-hybridized carbons (Fsp3) is 0.267. The molecule has 3 aromatic rings. The van der Waals surface area contributed by atoms with Gasteiger partial charge in [0.2, 0.25) is 0 Å². The highest BCUT2D eigenvalue weighted by Crippen LogP contribution is 2.65. The van der Waals surface area contributed by atoms with Crippen molar-refractivity contribution in [3.05, 3.63) is 105 Å². The van der Waals surface area contributed by atoms with Crippen molar-refractivity contribution in [1.82, 2.24) is 5.01 Å². The molecule has 2 heterocycles. The Morgan fingerprint density at radius 3 is 2.18 bits per heavy atom. The van der Waals surface area contributed by atoms with Crippen LogP contribution in [0.2, 0.25) is 10.0 Å². The van der Waals surface area contributed by atoms with Gasteiger partial charge in [0.1, 0.15) is 11.0 Å². The van der Waals surface area contributed by atoms with Gasteiger partial charge in [0.05, 0.1) is 12.3 Å². The van der Waals surface area contributed by atoms with Gasteiger partial charge in [-0.05, 0) is 49.6 Å². The number of nitrogens with zero attached hydrogens (tertiary/aromatic N) is 2. The molecule has 3 atom stereocenters. The monoisotopic (exact) mass is 546 g/mol. The van der Waals surface area contributed by atoms with Crippen LogP contribution in [0.5, 0.6) is 0 Å². The maximum Gasteiger partial charge on any atom is 0.331 e. The Morgan fingerprint density at radius 1 is 0.921 bits per heavy atom. The van der Waals surface area contributed by atoms with Gasteiger partial charge in [0.25, 0.3) is 0 Å². The van der Waals surface area contributed by atoms with Crippen LogP contribution < -0.4 is 0 Å². The van der Waals surface area contributed by atoms with Crippen LogP contribution in [0.3, 0.4) is 0 Å². The zero-order chi connectivity index (χ0) is 27.0. The Bertz CT molecular complexity index is 1520. The summed E-state index contributed by atoms with van der Waals surface area (Å²) >= 11 is 13.0. The molecule has 192 valence electrons. The van der Waals surface area contributed by atoms with Gasteiger partial charge in [-0.3, -0.25) is 14.6 Å². The van der Waals surface area contributed by atoms with Crippen LogP contribution >= 0.6 is 23.2 Å². The first-order valence-electron chi connectivity index (χ1n) is 12.3. The maximum atomic E-state index is 14.6. The lowest BCUT2D eigenvalue weighted by atomic mass is 9.63. The number of hydrazone groups is 1. The minimum Gasteiger partial charge on any atom is -0.458 e. The minimum absolute atomic E-state index is 0.254. The Morgan fingerprint density at radius 2 is 1.55 bits per heavy atom. The molecule has 0 aromatic heterocycles. The number of fused-ring (bicyclic) bond motifs is 5. The lowest BCUT2D eigenvalue weighted by molar-refractivity contribution is -0.161. The standard InChI is InChI=1S/C30H24Cl2N2O4/c1-29(2,3)38-28(37)24-23(21-13-12-17(31)14-22(21)32)30(26(35)19-10-6-7-11-20(19)27(30)36)25-18-9-5-4-8-16(18)15-33-34(24)25/h4-15,23-25H,1-3H3/t23-,24+,25?/m1/s1. The summed E-state index contributed by atoms with van der Waals surface area (Å²) in [6, 6.07) is 17.2. The number of halogens is 2. The molecule has 0 N–H and O–H groups in total. The lowest BCUT2D eigenvalue weighted by Gasteiger charge is -2.36. The number of rotatable bonds is 2. The second kappa shape index (κ2) is 8.52. The molecule has 0 saturated carbocycles. The quantitative estimate of drug-likeness (QED) is 0.280. The van der Waals surface area contributed by atoms with Crippen molar-refractivity contribution in [2.75, 3.05) is 0 Å². The Labute approximate surface area is 230 Å². The van der Waals surface area contributed by atoms with Gasteiger partial charge in [0.15, 0.2) is 17.6 Å². The summed E-state index contributed by atoms with van der Waals surface area (Å²) in [5, 5.41) is 6.90. The number of ketones is 2. The summed E-state index contributed by atoms with van der Waals surface area (Å²) in [6.45, 7) is 5.32. The van der Waals surface area contributed by atoms with Crippen LogP contribution in [0.4, 0.5) is 0 Å². The third-order valence-electron chi connectivity index (χ3n) is 7.52. The first-order valence-corrected chi connectivity index (χ1v) is 13.1. The molecule has 2 aliphatic heterocycles. The molecule has 1 saturated heterocycles. The van der Waals surface area contributed by atoms with Crippen LogP contribution in [0.25, 0.3) is 0 Å². The van der Waals surface area contributed by atoms with E-state index in [2.05, 4.69) is 5.10 Å². The number of Topliss-reactive ketones (excluding diaryl/α,β-unsaturated/α-hetero) is 2. The van der Waals surface area contributed by atoms with Crippen LogP contribution in [0, 0.1) is 5.41 Å². The fourth-order valence-corrected chi connectivity index (χ4v) is 6.73. The van der Waals surface area contributed by atoms with Gasteiger partial charge < -0.3 is 4.74 Å². The molecule has 1 spiro atoms. The van der Waals surface area contributed by atoms with E-state index in [0.29, 0.717) is 21.7 Å². The number of hydrogen-bond acceptors (Lipinski definition) is 6. The predicted octanol–water partition coefficient (Wildman–Crippen LogP) is 6.26. The molecule has 0 bridgehead atoms. The average molecular weight is 547 g/mol. The Hall–Kier alpha value is -3.48. The molecule has 3 aromatic carbocycles. The third-order valence-corrected chi connectivity index (χ3v) is 8.08. The van der Waals surface area contributed by atoms with Crippen molar-refractivity contribution >= 4 is 47.0 Å². The summed E-state index contributed by atoms with van der Waals surface area (Å²) < 4.78 is 5.88. The molecule has 6 nitrogen and oxygen atoms in total. The van der Waals surface area contributed by atoms with Crippen molar-refractivity contribution in [3.63, 3.8) is 0 Å². The molecule has 8 heteroatoms. The average Bonchev–Trinajstić information content (AvgIpc) is 3.30. The fourth-order valence-electron chi connectivity index (χ4n) is 6.21. The summed E-state index contributed by atoms with van der Waals surface area (Å²) in [6.07, 6.45) is 1.65. The number of benzene rings is 3. The molecule has 0 amide bonds. The molecular weight excluding hydrogens is 523 g/mol. The number of hydrogen-bond donors (Lipinski definition) is 0. The van der Waals surface area contributed by atoms with Crippen LogP contribution in [0.1, 0.15) is 70.1 Å². The number of esters is 1. The van der Waals surface area contributed by atoms with E-state index in [1.807, 2.05) is 24.3 Å². The normalized spacial score (nSPS) is 22.9. The molecule has 38 heavy (non-hydrogen) atoms. The summed E-state index contributed by atoms with van der Waals surface area (Å²) in [4.78, 5) is 43.2. The third kappa shape index (κ3) is 3.40. The SMILES string of the molecule is CC(C)(C)OC(=O)[C@@H]1[C@@H](c2ccc(Cl)cc2Cl)C2(C(=O)c3ccccc3C2=O)C2c3ccccc3C=NN21. The van der Waals surface area contributed by atoms with E-state index in [0.717, 1.165) is 11.1 Å². The summed E-state index contributed by atoms with van der Waals surface area (Å²) in [5.74, 6) is -2.31. The first-order chi connectivity index (χ1) is 18.1. The smallest absolute Gasteiger partial charge is 0.331 e. The minimum atomic E-state index is -1.71. The Balaban J connectivity index is 1.70. The predicted molar refractivity (Wildman–Crippen MR) is 145 cm³/mol. The molecule has 1 fully saturated rings. The van der Waals surface area contributed by atoms with Gasteiger partial charge in [-0.2, -0.15) is 5.10 Å². The number of ether oxygens (including phenoxy) is 1. The van der Waals surface area contributed by atoms with E-state index < -0.39 is 35.0 Å². The molecule has 0 radical (unpaired) electrons. The van der Waals surface area contributed by atoms with Crippen LogP contribution in [0.15, 0.2) is 71.8 Å². The van der Waals surface area contributed by atoms with Crippen molar-refractivity contribution < 1.29 is 19.1 Å². The second-order valence-electron chi connectivity index (χ2n) is 10.9. The van der Waals surface area contributed by atoms with E-state index in [9.17, 15) is 14.4 Å². The van der Waals surface area contributed by atoms with Crippen LogP contribution in [-0.4, -0.2) is 40.4 Å². The molecule has 6 rings (SSSR count). The zero-order valence-corrected chi connectivity index (χ0v) is 22.5.